The second-order valence-electron chi connectivity index (χ2n) is 22.7. The first-order chi connectivity index (χ1) is 36.5. The van der Waals surface area contributed by atoms with Crippen molar-refractivity contribution in [3.8, 4) is 0 Å². The number of rotatable bonds is 62. The van der Waals surface area contributed by atoms with Gasteiger partial charge in [0.05, 0.1) is 0 Å². The summed E-state index contributed by atoms with van der Waals surface area (Å²) in [5, 5.41) is 0. The quantitative estimate of drug-likeness (QED) is 0.0261. The summed E-state index contributed by atoms with van der Waals surface area (Å²) in [6.07, 6.45) is 76.5. The Hall–Kier alpha value is -2.11. The molecule has 436 valence electrons. The largest absolute Gasteiger partial charge is 0.462 e. The summed E-state index contributed by atoms with van der Waals surface area (Å²) in [6, 6.07) is 0. The molecule has 74 heavy (non-hydrogen) atoms. The summed E-state index contributed by atoms with van der Waals surface area (Å²) in [4.78, 5) is 38.2. The molecule has 0 spiro atoms. The van der Waals surface area contributed by atoms with Crippen LogP contribution in [0.1, 0.15) is 374 Å². The van der Waals surface area contributed by atoms with Crippen LogP contribution in [-0.4, -0.2) is 37.2 Å². The fourth-order valence-electron chi connectivity index (χ4n) is 10.1. The van der Waals surface area contributed by atoms with Gasteiger partial charge in [0, 0.05) is 19.3 Å². The summed E-state index contributed by atoms with van der Waals surface area (Å²) < 4.78 is 16.9. The molecule has 0 fully saturated rings. The van der Waals surface area contributed by atoms with Crippen molar-refractivity contribution in [2.45, 2.75) is 380 Å². The average Bonchev–Trinajstić information content (AvgIpc) is 3.40. The third-order valence-corrected chi connectivity index (χ3v) is 15.2. The maximum Gasteiger partial charge on any atom is 0.306 e. The lowest BCUT2D eigenvalue weighted by atomic mass is 10.0. The van der Waals surface area contributed by atoms with Gasteiger partial charge in [0.1, 0.15) is 13.2 Å². The van der Waals surface area contributed by atoms with Gasteiger partial charge in [-0.2, -0.15) is 0 Å². The van der Waals surface area contributed by atoms with E-state index in [1.165, 1.54) is 276 Å². The van der Waals surface area contributed by atoms with Gasteiger partial charge in [-0.05, 0) is 70.6 Å². The maximum absolute atomic E-state index is 12.9. The molecule has 1 atom stereocenters. The average molecular weight is 1040 g/mol. The van der Waals surface area contributed by atoms with Crippen molar-refractivity contribution in [1.29, 1.82) is 0 Å². The Morgan fingerprint density at radius 3 is 0.676 bits per heavy atom. The Balaban J connectivity index is 4.09. The van der Waals surface area contributed by atoms with Crippen molar-refractivity contribution in [3.05, 3.63) is 24.3 Å². The van der Waals surface area contributed by atoms with Crippen molar-refractivity contribution in [2.75, 3.05) is 13.2 Å². The second kappa shape index (κ2) is 63.4. The Morgan fingerprint density at radius 1 is 0.257 bits per heavy atom. The van der Waals surface area contributed by atoms with Gasteiger partial charge in [0.25, 0.3) is 0 Å². The molecule has 0 aromatic carbocycles. The van der Waals surface area contributed by atoms with E-state index < -0.39 is 6.10 Å². The zero-order valence-corrected chi connectivity index (χ0v) is 50.1. The van der Waals surface area contributed by atoms with Crippen LogP contribution in [0, 0.1) is 0 Å². The van der Waals surface area contributed by atoms with Crippen molar-refractivity contribution >= 4 is 17.9 Å². The monoisotopic (exact) mass is 1040 g/mol. The van der Waals surface area contributed by atoms with E-state index in [1.807, 2.05) is 0 Å². The highest BCUT2D eigenvalue weighted by molar-refractivity contribution is 5.71. The van der Waals surface area contributed by atoms with Gasteiger partial charge in [-0.1, -0.05) is 308 Å². The molecule has 6 nitrogen and oxygen atoms in total. The van der Waals surface area contributed by atoms with Crippen LogP contribution in [0.4, 0.5) is 0 Å². The third kappa shape index (κ3) is 60.8. The standard InChI is InChI=1S/C68H128O6/c1-4-7-10-13-16-19-21-23-25-27-29-31-32-33-34-35-36-38-39-41-43-45-47-49-52-55-58-61-67(70)73-64-65(63-72-66(69)60-57-54-51-18-15-12-9-6-3)74-68(71)62-59-56-53-50-48-46-44-42-40-37-30-28-26-24-22-20-17-14-11-8-5-2/h27-30,65H,4-26,31-64H2,1-3H3/b29-27-,30-28-. The highest BCUT2D eigenvalue weighted by atomic mass is 16.6. The Labute approximate surface area is 462 Å². The highest BCUT2D eigenvalue weighted by Gasteiger charge is 2.19. The Bertz CT molecular complexity index is 1190. The SMILES string of the molecule is CCCCCCCCCC/C=C\CCCCCCCCCCCCCCCCCC(=O)OCC(COC(=O)CCCCCCCCCC)OC(=O)CCCCCCCCCCC/C=C\CCCCCCCCCC. The van der Waals surface area contributed by atoms with Crippen LogP contribution in [0.3, 0.4) is 0 Å². The Morgan fingerprint density at radius 2 is 0.446 bits per heavy atom. The Kier molecular flexibility index (Phi) is 61.6. The number of ether oxygens (including phenoxy) is 3. The number of hydrogen-bond donors (Lipinski definition) is 0. The molecule has 0 heterocycles. The van der Waals surface area contributed by atoms with E-state index in [2.05, 4.69) is 45.1 Å². The molecule has 0 saturated heterocycles. The topological polar surface area (TPSA) is 78.9 Å². The van der Waals surface area contributed by atoms with Crippen LogP contribution < -0.4 is 0 Å². The summed E-state index contributed by atoms with van der Waals surface area (Å²) in [5.41, 5.74) is 0. The lowest BCUT2D eigenvalue weighted by Crippen LogP contribution is -2.30. The first-order valence-corrected chi connectivity index (χ1v) is 33.3. The fourth-order valence-corrected chi connectivity index (χ4v) is 10.1. The summed E-state index contributed by atoms with van der Waals surface area (Å²) in [7, 11) is 0. The van der Waals surface area contributed by atoms with E-state index in [9.17, 15) is 14.4 Å². The molecule has 0 aliphatic carbocycles. The molecule has 0 rings (SSSR count). The van der Waals surface area contributed by atoms with Gasteiger partial charge in [-0.15, -0.1) is 0 Å². The van der Waals surface area contributed by atoms with E-state index >= 15 is 0 Å². The molecule has 0 amide bonds. The molecule has 0 saturated carbocycles. The molecular formula is C68H128O6. The number of unbranched alkanes of at least 4 members (excludes halogenated alkanes) is 47. The first kappa shape index (κ1) is 71.9. The van der Waals surface area contributed by atoms with Crippen LogP contribution in [0.25, 0.3) is 0 Å². The van der Waals surface area contributed by atoms with Gasteiger partial charge < -0.3 is 14.2 Å². The minimum absolute atomic E-state index is 0.0669. The van der Waals surface area contributed by atoms with Crippen molar-refractivity contribution in [2.24, 2.45) is 0 Å². The third-order valence-electron chi connectivity index (χ3n) is 15.2. The number of allylic oxidation sites excluding steroid dienone is 4. The highest BCUT2D eigenvalue weighted by Crippen LogP contribution is 2.18. The molecule has 6 heteroatoms. The maximum atomic E-state index is 12.9. The van der Waals surface area contributed by atoms with Crippen molar-refractivity contribution in [3.63, 3.8) is 0 Å². The fraction of sp³-hybridized carbons (Fsp3) is 0.897. The summed E-state index contributed by atoms with van der Waals surface area (Å²) in [6.45, 7) is 6.67. The second-order valence-corrected chi connectivity index (χ2v) is 22.7. The van der Waals surface area contributed by atoms with Crippen molar-refractivity contribution in [1.82, 2.24) is 0 Å². The van der Waals surface area contributed by atoms with E-state index in [-0.39, 0.29) is 31.1 Å². The van der Waals surface area contributed by atoms with Crippen LogP contribution in [0.15, 0.2) is 24.3 Å². The first-order valence-electron chi connectivity index (χ1n) is 33.3. The van der Waals surface area contributed by atoms with Gasteiger partial charge in [0.15, 0.2) is 6.10 Å². The molecule has 1 unspecified atom stereocenters. The number of esters is 3. The van der Waals surface area contributed by atoms with E-state index in [0.717, 1.165) is 57.8 Å². The molecule has 0 aromatic rings. The number of hydrogen-bond acceptors (Lipinski definition) is 6. The molecule has 0 bridgehead atoms. The number of carbonyl (C=O) groups excluding carboxylic acids is 3. The normalized spacial score (nSPS) is 12.1. The van der Waals surface area contributed by atoms with E-state index in [1.54, 1.807) is 0 Å². The molecule has 0 aromatic heterocycles. The predicted molar refractivity (Wildman–Crippen MR) is 321 cm³/mol. The van der Waals surface area contributed by atoms with Crippen LogP contribution >= 0.6 is 0 Å². The summed E-state index contributed by atoms with van der Waals surface area (Å²) >= 11 is 0. The minimum Gasteiger partial charge on any atom is -0.462 e. The minimum atomic E-state index is -0.768. The lowest BCUT2D eigenvalue weighted by molar-refractivity contribution is -0.167. The number of carbonyl (C=O) groups is 3. The molecule has 0 aliphatic rings. The molecular weight excluding hydrogens is 913 g/mol. The lowest BCUT2D eigenvalue weighted by Gasteiger charge is -2.18. The van der Waals surface area contributed by atoms with E-state index in [0.29, 0.717) is 19.3 Å². The van der Waals surface area contributed by atoms with Crippen molar-refractivity contribution < 1.29 is 28.6 Å². The van der Waals surface area contributed by atoms with Crippen LogP contribution in [0.2, 0.25) is 0 Å². The van der Waals surface area contributed by atoms with Gasteiger partial charge in [-0.3, -0.25) is 14.4 Å². The zero-order valence-electron chi connectivity index (χ0n) is 50.1. The van der Waals surface area contributed by atoms with E-state index in [4.69, 9.17) is 14.2 Å². The zero-order chi connectivity index (χ0) is 53.6. The molecule has 0 N–H and O–H groups in total. The van der Waals surface area contributed by atoms with Gasteiger partial charge >= 0.3 is 17.9 Å². The molecule has 0 aliphatic heterocycles. The predicted octanol–water partition coefficient (Wildman–Crippen LogP) is 22.6. The van der Waals surface area contributed by atoms with Gasteiger partial charge in [0.2, 0.25) is 0 Å². The van der Waals surface area contributed by atoms with Crippen LogP contribution in [-0.2, 0) is 28.6 Å². The molecule has 0 radical (unpaired) electrons. The van der Waals surface area contributed by atoms with Gasteiger partial charge in [-0.25, -0.2) is 0 Å². The smallest absolute Gasteiger partial charge is 0.306 e. The van der Waals surface area contributed by atoms with Crippen LogP contribution in [0.5, 0.6) is 0 Å². The summed E-state index contributed by atoms with van der Waals surface area (Å²) in [5.74, 6) is -0.848.